The zero-order chi connectivity index (χ0) is 18.8. The van der Waals surface area contributed by atoms with Crippen LogP contribution in [0.5, 0.6) is 0 Å². The number of fused-ring (bicyclic) bond motifs is 1. The third-order valence-electron chi connectivity index (χ3n) is 4.72. The Labute approximate surface area is 166 Å². The van der Waals surface area contributed by atoms with Gasteiger partial charge < -0.3 is 0 Å². The first-order chi connectivity index (χ1) is 12.6. The molecule has 0 N–H and O–H groups in total. The summed E-state index contributed by atoms with van der Waals surface area (Å²) in [5.74, 6) is -0.0400. The Kier molecular flexibility index (Phi) is 9.41. The van der Waals surface area contributed by atoms with Crippen LogP contribution in [-0.4, -0.2) is 20.9 Å². The Morgan fingerprint density at radius 3 is 2.04 bits per heavy atom. The van der Waals surface area contributed by atoms with Crippen LogP contribution in [0, 0.1) is 0 Å². The summed E-state index contributed by atoms with van der Waals surface area (Å²) in [5.41, 5.74) is 1.21. The van der Waals surface area contributed by atoms with Gasteiger partial charge in [-0.2, -0.15) is 4.68 Å². The summed E-state index contributed by atoms with van der Waals surface area (Å²) in [6, 6.07) is 3.29. The van der Waals surface area contributed by atoms with Crippen molar-refractivity contribution in [3.05, 3.63) is 22.2 Å². The molecule has 144 valence electrons. The summed E-state index contributed by atoms with van der Waals surface area (Å²) in [6.45, 7) is 2.25. The second-order valence-corrected chi connectivity index (χ2v) is 7.75. The van der Waals surface area contributed by atoms with Crippen LogP contribution in [-0.2, 0) is 0 Å². The van der Waals surface area contributed by atoms with Crippen molar-refractivity contribution in [1.82, 2.24) is 15.0 Å². The SMILES string of the molecule is CCCCCCCCCCCCCC(=O)n1nnc2cc(Cl)c(Cl)cc21. The Balaban J connectivity index is 1.62. The van der Waals surface area contributed by atoms with Gasteiger partial charge in [0.1, 0.15) is 5.52 Å². The van der Waals surface area contributed by atoms with Crippen molar-refractivity contribution in [2.24, 2.45) is 0 Å². The molecule has 0 radical (unpaired) electrons. The van der Waals surface area contributed by atoms with Gasteiger partial charge in [-0.1, -0.05) is 99.5 Å². The van der Waals surface area contributed by atoms with Crippen molar-refractivity contribution in [2.45, 2.75) is 84.0 Å². The van der Waals surface area contributed by atoms with Crippen molar-refractivity contribution in [1.29, 1.82) is 0 Å². The highest BCUT2D eigenvalue weighted by Crippen LogP contribution is 2.26. The molecule has 1 heterocycles. The molecule has 0 unspecified atom stereocenters. The quantitative estimate of drug-likeness (QED) is 0.359. The van der Waals surface area contributed by atoms with E-state index in [-0.39, 0.29) is 5.91 Å². The number of carbonyl (C=O) groups is 1. The number of hydrogen-bond acceptors (Lipinski definition) is 3. The zero-order valence-corrected chi connectivity index (χ0v) is 17.2. The van der Waals surface area contributed by atoms with Crippen molar-refractivity contribution < 1.29 is 4.79 Å². The summed E-state index contributed by atoms with van der Waals surface area (Å²) in [6.07, 6.45) is 14.4. The van der Waals surface area contributed by atoms with Gasteiger partial charge in [0, 0.05) is 6.42 Å². The molecule has 0 aliphatic rings. The number of aromatic nitrogens is 3. The molecule has 2 aromatic rings. The van der Waals surface area contributed by atoms with E-state index in [4.69, 9.17) is 23.2 Å². The highest BCUT2D eigenvalue weighted by molar-refractivity contribution is 6.42. The van der Waals surface area contributed by atoms with E-state index in [9.17, 15) is 4.79 Å². The molecule has 1 aromatic heterocycles. The fraction of sp³-hybridized carbons (Fsp3) is 0.650. The van der Waals surface area contributed by atoms with Crippen molar-refractivity contribution in [2.75, 3.05) is 0 Å². The minimum Gasteiger partial charge on any atom is -0.273 e. The van der Waals surface area contributed by atoms with E-state index in [0.29, 0.717) is 27.5 Å². The van der Waals surface area contributed by atoms with E-state index < -0.39 is 0 Å². The third-order valence-corrected chi connectivity index (χ3v) is 5.44. The summed E-state index contributed by atoms with van der Waals surface area (Å²) in [7, 11) is 0. The lowest BCUT2D eigenvalue weighted by molar-refractivity contribution is 0.0886. The van der Waals surface area contributed by atoms with E-state index >= 15 is 0 Å². The summed E-state index contributed by atoms with van der Waals surface area (Å²) in [5, 5.41) is 8.77. The van der Waals surface area contributed by atoms with Gasteiger partial charge in [0.25, 0.3) is 0 Å². The van der Waals surface area contributed by atoms with E-state index in [1.165, 1.54) is 62.5 Å². The zero-order valence-electron chi connectivity index (χ0n) is 15.6. The Morgan fingerprint density at radius 1 is 0.885 bits per heavy atom. The molecule has 0 aliphatic heterocycles. The highest BCUT2D eigenvalue weighted by atomic mass is 35.5. The number of hydrogen-bond donors (Lipinski definition) is 0. The van der Waals surface area contributed by atoms with Crippen molar-refractivity contribution in [3.63, 3.8) is 0 Å². The normalized spacial score (nSPS) is 11.3. The standard InChI is InChI=1S/C20H29Cl2N3O/c1-2-3-4-5-6-7-8-9-10-11-12-13-20(26)25-19-15-17(22)16(21)14-18(19)23-24-25/h14-15H,2-13H2,1H3. The lowest BCUT2D eigenvalue weighted by atomic mass is 10.1. The first-order valence-corrected chi connectivity index (χ1v) is 10.6. The molecule has 0 amide bonds. The average Bonchev–Trinajstić information content (AvgIpc) is 3.02. The number of halogens is 2. The summed E-state index contributed by atoms with van der Waals surface area (Å²) in [4.78, 5) is 12.4. The molecule has 4 nitrogen and oxygen atoms in total. The van der Waals surface area contributed by atoms with Crippen LogP contribution in [0.2, 0.25) is 10.0 Å². The molecular formula is C20H29Cl2N3O. The predicted octanol–water partition coefficient (Wildman–Crippen LogP) is 7.08. The summed E-state index contributed by atoms with van der Waals surface area (Å²) >= 11 is 12.0. The molecule has 1 aromatic carbocycles. The smallest absolute Gasteiger partial charge is 0.248 e. The van der Waals surface area contributed by atoms with Crippen LogP contribution < -0.4 is 0 Å². The Morgan fingerprint density at radius 2 is 1.42 bits per heavy atom. The second kappa shape index (κ2) is 11.6. The topological polar surface area (TPSA) is 47.8 Å². The molecule has 26 heavy (non-hydrogen) atoms. The second-order valence-electron chi connectivity index (χ2n) is 6.94. The van der Waals surface area contributed by atoms with Crippen LogP contribution >= 0.6 is 23.2 Å². The molecule has 0 saturated carbocycles. The Hall–Kier alpha value is -1.13. The van der Waals surface area contributed by atoms with Crippen molar-refractivity contribution >= 4 is 40.1 Å². The van der Waals surface area contributed by atoms with Gasteiger partial charge in [-0.25, -0.2) is 0 Å². The molecule has 0 fully saturated rings. The van der Waals surface area contributed by atoms with Crippen LogP contribution in [0.1, 0.15) is 88.8 Å². The Bertz CT molecular complexity index is 700. The minimum atomic E-state index is -0.0400. The van der Waals surface area contributed by atoms with E-state index in [1.54, 1.807) is 12.1 Å². The van der Waals surface area contributed by atoms with E-state index in [0.717, 1.165) is 12.8 Å². The van der Waals surface area contributed by atoms with E-state index in [1.807, 2.05) is 0 Å². The molecule has 0 bridgehead atoms. The van der Waals surface area contributed by atoms with Gasteiger partial charge in [0.15, 0.2) is 0 Å². The lowest BCUT2D eigenvalue weighted by Gasteiger charge is -2.03. The van der Waals surface area contributed by atoms with Gasteiger partial charge in [-0.15, -0.1) is 5.10 Å². The number of benzene rings is 1. The van der Waals surface area contributed by atoms with Gasteiger partial charge in [0.05, 0.1) is 15.6 Å². The summed E-state index contributed by atoms with van der Waals surface area (Å²) < 4.78 is 1.34. The number of carbonyl (C=O) groups excluding carboxylic acids is 1. The van der Waals surface area contributed by atoms with E-state index in [2.05, 4.69) is 17.2 Å². The maximum absolute atomic E-state index is 12.4. The molecule has 0 aliphatic carbocycles. The average molecular weight is 398 g/mol. The predicted molar refractivity (Wildman–Crippen MR) is 109 cm³/mol. The largest absolute Gasteiger partial charge is 0.273 e. The van der Waals surface area contributed by atoms with Crippen LogP contribution in [0.4, 0.5) is 0 Å². The monoisotopic (exact) mass is 397 g/mol. The first-order valence-electron chi connectivity index (χ1n) is 9.87. The fourth-order valence-corrected chi connectivity index (χ4v) is 3.46. The maximum Gasteiger partial charge on any atom is 0.248 e. The van der Waals surface area contributed by atoms with Crippen molar-refractivity contribution in [3.8, 4) is 0 Å². The van der Waals surface area contributed by atoms with Gasteiger partial charge in [-0.05, 0) is 18.6 Å². The highest BCUT2D eigenvalue weighted by Gasteiger charge is 2.13. The molecule has 6 heteroatoms. The van der Waals surface area contributed by atoms with Gasteiger partial charge >= 0.3 is 0 Å². The number of rotatable bonds is 12. The number of nitrogens with zero attached hydrogens (tertiary/aromatic N) is 3. The van der Waals surface area contributed by atoms with Crippen LogP contribution in [0.15, 0.2) is 12.1 Å². The van der Waals surface area contributed by atoms with Gasteiger partial charge in [-0.3, -0.25) is 4.79 Å². The van der Waals surface area contributed by atoms with Crippen LogP contribution in [0.25, 0.3) is 11.0 Å². The minimum absolute atomic E-state index is 0.0400. The molecule has 0 atom stereocenters. The molecule has 2 rings (SSSR count). The van der Waals surface area contributed by atoms with Crippen LogP contribution in [0.3, 0.4) is 0 Å². The third kappa shape index (κ3) is 6.55. The number of unbranched alkanes of at least 4 members (excludes halogenated alkanes) is 10. The molecule has 0 saturated heterocycles. The first kappa shape index (κ1) is 21.2. The maximum atomic E-state index is 12.4. The molecule has 0 spiro atoms. The molecular weight excluding hydrogens is 369 g/mol. The fourth-order valence-electron chi connectivity index (χ4n) is 3.15. The van der Waals surface area contributed by atoms with Gasteiger partial charge in [0.2, 0.25) is 5.91 Å². The lowest BCUT2D eigenvalue weighted by Crippen LogP contribution is -2.12.